The molecule has 2 rings (SSSR count). The van der Waals surface area contributed by atoms with Crippen LogP contribution in [0.4, 0.5) is 4.79 Å². The fraction of sp³-hybridized carbons (Fsp3) is 0.867. The molecule has 2 atom stereocenters. The molecule has 2 aliphatic heterocycles. The SMILES string of the molecule is CN(CC1CCCN1C)C(=O)N1CCCCC1CC(=O)O. The molecule has 2 amide bonds. The van der Waals surface area contributed by atoms with Crippen LogP contribution in [0.15, 0.2) is 0 Å². The maximum absolute atomic E-state index is 12.6. The first-order chi connectivity index (χ1) is 9.99. The molecule has 0 radical (unpaired) electrons. The van der Waals surface area contributed by atoms with Gasteiger partial charge in [-0.3, -0.25) is 4.79 Å². The summed E-state index contributed by atoms with van der Waals surface area (Å²) in [5.74, 6) is -0.821. The van der Waals surface area contributed by atoms with Crippen LogP contribution in [0.5, 0.6) is 0 Å². The van der Waals surface area contributed by atoms with Crippen LogP contribution >= 0.6 is 0 Å². The first kappa shape index (κ1) is 16.1. The molecule has 2 saturated heterocycles. The van der Waals surface area contributed by atoms with E-state index in [0.29, 0.717) is 12.6 Å². The molecule has 0 aromatic heterocycles. The second-order valence-electron chi connectivity index (χ2n) is 6.38. The van der Waals surface area contributed by atoms with Gasteiger partial charge in [0.1, 0.15) is 0 Å². The molecule has 6 heteroatoms. The Hall–Kier alpha value is -1.30. The van der Waals surface area contributed by atoms with Gasteiger partial charge in [-0.2, -0.15) is 0 Å². The first-order valence-corrected chi connectivity index (χ1v) is 7.93. The molecule has 0 spiro atoms. The Balaban J connectivity index is 1.93. The van der Waals surface area contributed by atoms with Crippen LogP contribution in [-0.4, -0.2) is 77.6 Å². The van der Waals surface area contributed by atoms with Crippen molar-refractivity contribution in [1.29, 1.82) is 0 Å². The Morgan fingerprint density at radius 2 is 1.86 bits per heavy atom. The number of carboxylic acid groups (broad SMARTS) is 1. The number of piperidine rings is 1. The summed E-state index contributed by atoms with van der Waals surface area (Å²) in [6, 6.07) is 0.274. The molecule has 0 saturated carbocycles. The maximum atomic E-state index is 12.6. The molecule has 2 aliphatic rings. The van der Waals surface area contributed by atoms with Crippen molar-refractivity contribution in [2.24, 2.45) is 0 Å². The van der Waals surface area contributed by atoms with Gasteiger partial charge in [-0.05, 0) is 45.7 Å². The number of likely N-dealkylation sites (tertiary alicyclic amines) is 2. The molecule has 2 heterocycles. The van der Waals surface area contributed by atoms with E-state index in [4.69, 9.17) is 5.11 Å². The molecular formula is C15H27N3O3. The number of rotatable bonds is 4. The molecule has 120 valence electrons. The van der Waals surface area contributed by atoms with Gasteiger partial charge >= 0.3 is 12.0 Å². The Morgan fingerprint density at radius 1 is 1.14 bits per heavy atom. The molecule has 21 heavy (non-hydrogen) atoms. The second-order valence-corrected chi connectivity index (χ2v) is 6.38. The van der Waals surface area contributed by atoms with Crippen LogP contribution in [0.25, 0.3) is 0 Å². The van der Waals surface area contributed by atoms with Gasteiger partial charge in [0.15, 0.2) is 0 Å². The largest absolute Gasteiger partial charge is 0.481 e. The summed E-state index contributed by atoms with van der Waals surface area (Å²) >= 11 is 0. The third-order valence-electron chi connectivity index (χ3n) is 4.77. The number of amides is 2. The van der Waals surface area contributed by atoms with Crippen molar-refractivity contribution in [2.45, 2.75) is 50.6 Å². The zero-order chi connectivity index (χ0) is 15.4. The highest BCUT2D eigenvalue weighted by molar-refractivity contribution is 5.76. The second kappa shape index (κ2) is 7.11. The van der Waals surface area contributed by atoms with Gasteiger partial charge in [0.2, 0.25) is 0 Å². The third kappa shape index (κ3) is 4.09. The lowest BCUT2D eigenvalue weighted by molar-refractivity contribution is -0.138. The van der Waals surface area contributed by atoms with Crippen LogP contribution in [0.3, 0.4) is 0 Å². The monoisotopic (exact) mass is 297 g/mol. The standard InChI is InChI=1S/C15H27N3O3/c1-16-8-5-7-13(16)11-17(2)15(21)18-9-4-3-6-12(18)10-14(19)20/h12-13H,3-11H2,1-2H3,(H,19,20). The minimum absolute atomic E-state index is 0.0127. The van der Waals surface area contributed by atoms with E-state index in [2.05, 4.69) is 11.9 Å². The van der Waals surface area contributed by atoms with Crippen LogP contribution in [-0.2, 0) is 4.79 Å². The number of carbonyl (C=O) groups excluding carboxylic acids is 1. The molecule has 0 aromatic rings. The summed E-state index contributed by atoms with van der Waals surface area (Å²) < 4.78 is 0. The van der Waals surface area contributed by atoms with Crippen molar-refractivity contribution in [3.05, 3.63) is 0 Å². The summed E-state index contributed by atoms with van der Waals surface area (Å²) in [6.45, 7) is 2.51. The van der Waals surface area contributed by atoms with E-state index in [1.54, 1.807) is 9.80 Å². The summed E-state index contributed by atoms with van der Waals surface area (Å²) in [5.41, 5.74) is 0. The predicted molar refractivity (Wildman–Crippen MR) is 80.3 cm³/mol. The number of aliphatic carboxylic acids is 1. The van der Waals surface area contributed by atoms with Crippen LogP contribution < -0.4 is 0 Å². The highest BCUT2D eigenvalue weighted by Gasteiger charge is 2.32. The Kier molecular flexibility index (Phi) is 5.45. The van der Waals surface area contributed by atoms with Gasteiger partial charge in [-0.1, -0.05) is 0 Å². The van der Waals surface area contributed by atoms with Crippen molar-refractivity contribution in [1.82, 2.24) is 14.7 Å². The minimum atomic E-state index is -0.821. The van der Waals surface area contributed by atoms with E-state index in [1.807, 2.05) is 7.05 Å². The molecule has 6 nitrogen and oxygen atoms in total. The van der Waals surface area contributed by atoms with Gasteiger partial charge in [0.25, 0.3) is 0 Å². The van der Waals surface area contributed by atoms with Gasteiger partial charge in [-0.15, -0.1) is 0 Å². The smallest absolute Gasteiger partial charge is 0.320 e. The zero-order valence-corrected chi connectivity index (χ0v) is 13.1. The maximum Gasteiger partial charge on any atom is 0.320 e. The summed E-state index contributed by atoms with van der Waals surface area (Å²) in [5, 5.41) is 9.01. The van der Waals surface area contributed by atoms with Crippen molar-refractivity contribution in [3.63, 3.8) is 0 Å². The molecule has 0 aromatic carbocycles. The van der Waals surface area contributed by atoms with E-state index in [-0.39, 0.29) is 18.5 Å². The van der Waals surface area contributed by atoms with Crippen molar-refractivity contribution in [2.75, 3.05) is 33.7 Å². The number of carbonyl (C=O) groups is 2. The molecule has 2 fully saturated rings. The molecule has 2 unspecified atom stereocenters. The third-order valence-corrected chi connectivity index (χ3v) is 4.77. The van der Waals surface area contributed by atoms with E-state index >= 15 is 0 Å². The molecular weight excluding hydrogens is 270 g/mol. The molecule has 1 N–H and O–H groups in total. The Bertz CT molecular complexity index is 388. The van der Waals surface area contributed by atoms with E-state index in [0.717, 1.165) is 38.8 Å². The number of hydrogen-bond donors (Lipinski definition) is 1. The normalized spacial score (nSPS) is 26.9. The Morgan fingerprint density at radius 3 is 2.48 bits per heavy atom. The first-order valence-electron chi connectivity index (χ1n) is 7.93. The number of urea groups is 1. The lowest BCUT2D eigenvalue weighted by Crippen LogP contribution is -2.52. The van der Waals surface area contributed by atoms with Crippen LogP contribution in [0.1, 0.15) is 38.5 Å². The topological polar surface area (TPSA) is 64.1 Å². The number of hydrogen-bond acceptors (Lipinski definition) is 3. The van der Waals surface area contributed by atoms with Crippen molar-refractivity contribution in [3.8, 4) is 0 Å². The highest BCUT2D eigenvalue weighted by Crippen LogP contribution is 2.22. The summed E-state index contributed by atoms with van der Waals surface area (Å²) in [7, 11) is 3.94. The lowest BCUT2D eigenvalue weighted by Gasteiger charge is -2.38. The highest BCUT2D eigenvalue weighted by atomic mass is 16.4. The lowest BCUT2D eigenvalue weighted by atomic mass is 10.00. The van der Waals surface area contributed by atoms with Gasteiger partial charge in [0, 0.05) is 32.2 Å². The molecule has 0 bridgehead atoms. The fourth-order valence-corrected chi connectivity index (χ4v) is 3.49. The number of nitrogens with zero attached hydrogens (tertiary/aromatic N) is 3. The van der Waals surface area contributed by atoms with Gasteiger partial charge in [-0.25, -0.2) is 4.79 Å². The number of carboxylic acids is 1. The van der Waals surface area contributed by atoms with Crippen LogP contribution in [0.2, 0.25) is 0 Å². The van der Waals surface area contributed by atoms with Gasteiger partial charge < -0.3 is 19.8 Å². The average Bonchev–Trinajstić information content (AvgIpc) is 2.83. The Labute approximate surface area is 126 Å². The summed E-state index contributed by atoms with van der Waals surface area (Å²) in [4.78, 5) is 29.4. The van der Waals surface area contributed by atoms with Crippen molar-refractivity contribution < 1.29 is 14.7 Å². The minimum Gasteiger partial charge on any atom is -0.481 e. The van der Waals surface area contributed by atoms with Gasteiger partial charge in [0.05, 0.1) is 6.42 Å². The quantitative estimate of drug-likeness (QED) is 0.853. The van der Waals surface area contributed by atoms with E-state index < -0.39 is 5.97 Å². The van der Waals surface area contributed by atoms with E-state index in [1.165, 1.54) is 6.42 Å². The fourth-order valence-electron chi connectivity index (χ4n) is 3.49. The van der Waals surface area contributed by atoms with Crippen LogP contribution in [0, 0.1) is 0 Å². The summed E-state index contributed by atoms with van der Waals surface area (Å²) in [6.07, 6.45) is 5.16. The molecule has 0 aliphatic carbocycles. The van der Waals surface area contributed by atoms with E-state index in [9.17, 15) is 9.59 Å². The zero-order valence-electron chi connectivity index (χ0n) is 13.1. The average molecular weight is 297 g/mol. The predicted octanol–water partition coefficient (Wildman–Crippen LogP) is 1.46. The number of likely N-dealkylation sites (N-methyl/N-ethyl adjacent to an activating group) is 2. The van der Waals surface area contributed by atoms with Crippen molar-refractivity contribution >= 4 is 12.0 Å².